The Balaban J connectivity index is 2.08. The molecular weight excluding hydrogens is 234 g/mol. The van der Waals surface area contributed by atoms with Gasteiger partial charge in [-0.3, -0.25) is 0 Å². The largest absolute Gasteiger partial charge is 0.486 e. The topological polar surface area (TPSA) is 71.0 Å². The maximum absolute atomic E-state index is 10.2. The molecule has 1 aliphatic heterocycles. The summed E-state index contributed by atoms with van der Waals surface area (Å²) in [5.41, 5.74) is 0.775. The number of aliphatic hydroxyl groups is 2. The Kier molecular flexibility index (Phi) is 4.41. The Labute approximate surface area is 106 Å². The number of hydrogen-bond acceptors (Lipinski definition) is 5. The van der Waals surface area contributed by atoms with Crippen LogP contribution in [-0.4, -0.2) is 42.6 Å². The molecule has 1 aromatic carbocycles. The van der Waals surface area contributed by atoms with Crippen molar-refractivity contribution < 1.29 is 19.7 Å². The van der Waals surface area contributed by atoms with Gasteiger partial charge in [0.1, 0.15) is 13.2 Å². The van der Waals surface area contributed by atoms with E-state index >= 15 is 0 Å². The lowest BCUT2D eigenvalue weighted by atomic mass is 10.0. The van der Waals surface area contributed by atoms with Crippen molar-refractivity contribution in [2.75, 3.05) is 26.4 Å². The molecule has 5 heteroatoms. The van der Waals surface area contributed by atoms with Gasteiger partial charge in [-0.05, 0) is 24.6 Å². The van der Waals surface area contributed by atoms with Crippen LogP contribution in [-0.2, 0) is 0 Å². The Morgan fingerprint density at radius 3 is 2.72 bits per heavy atom. The van der Waals surface area contributed by atoms with Crippen molar-refractivity contribution in [1.82, 2.24) is 5.32 Å². The number of aliphatic hydroxyl groups excluding tert-OH is 2. The van der Waals surface area contributed by atoms with Crippen LogP contribution in [0.4, 0.5) is 0 Å². The second-order valence-corrected chi connectivity index (χ2v) is 4.31. The minimum Gasteiger partial charge on any atom is -0.486 e. The van der Waals surface area contributed by atoms with Gasteiger partial charge in [0.15, 0.2) is 11.5 Å². The first-order valence-electron chi connectivity index (χ1n) is 6.14. The number of hydrogen-bond donors (Lipinski definition) is 3. The molecule has 2 atom stereocenters. The Bertz CT molecular complexity index is 397. The second kappa shape index (κ2) is 6.04. The smallest absolute Gasteiger partial charge is 0.161 e. The first kappa shape index (κ1) is 13.1. The number of fused-ring (bicyclic) bond motifs is 1. The molecule has 5 nitrogen and oxygen atoms in total. The average Bonchev–Trinajstić information content (AvgIpc) is 2.43. The summed E-state index contributed by atoms with van der Waals surface area (Å²) >= 11 is 0. The summed E-state index contributed by atoms with van der Waals surface area (Å²) in [5, 5.41) is 22.0. The number of rotatable bonds is 5. The molecule has 0 bridgehead atoms. The van der Waals surface area contributed by atoms with Crippen molar-refractivity contribution in [3.8, 4) is 11.5 Å². The molecule has 1 aliphatic rings. The summed E-state index contributed by atoms with van der Waals surface area (Å²) in [6.07, 6.45) is -0.646. The van der Waals surface area contributed by atoms with Gasteiger partial charge in [0.05, 0.1) is 12.7 Å². The molecule has 0 saturated heterocycles. The normalized spacial score (nSPS) is 17.3. The quantitative estimate of drug-likeness (QED) is 0.711. The van der Waals surface area contributed by atoms with Gasteiger partial charge in [-0.2, -0.15) is 0 Å². The molecule has 0 radical (unpaired) electrons. The molecule has 1 aromatic rings. The molecule has 0 aliphatic carbocycles. The van der Waals surface area contributed by atoms with Crippen LogP contribution in [0.15, 0.2) is 18.2 Å². The van der Waals surface area contributed by atoms with E-state index in [4.69, 9.17) is 14.6 Å². The fourth-order valence-electron chi connectivity index (χ4n) is 1.94. The van der Waals surface area contributed by atoms with Gasteiger partial charge in [-0.1, -0.05) is 6.07 Å². The molecule has 2 unspecified atom stereocenters. The van der Waals surface area contributed by atoms with Crippen LogP contribution in [0, 0.1) is 0 Å². The first-order valence-corrected chi connectivity index (χ1v) is 6.14. The Hall–Kier alpha value is -1.30. The van der Waals surface area contributed by atoms with Crippen LogP contribution in [0.5, 0.6) is 11.5 Å². The molecule has 0 saturated carbocycles. The van der Waals surface area contributed by atoms with Gasteiger partial charge in [-0.25, -0.2) is 0 Å². The Morgan fingerprint density at radius 2 is 2.00 bits per heavy atom. The van der Waals surface area contributed by atoms with Crippen molar-refractivity contribution >= 4 is 0 Å². The minimum atomic E-state index is -0.646. The van der Waals surface area contributed by atoms with Crippen molar-refractivity contribution in [1.29, 1.82) is 0 Å². The van der Waals surface area contributed by atoms with Gasteiger partial charge in [0.25, 0.3) is 0 Å². The van der Waals surface area contributed by atoms with Crippen LogP contribution < -0.4 is 14.8 Å². The van der Waals surface area contributed by atoms with Crippen LogP contribution in [0.2, 0.25) is 0 Å². The van der Waals surface area contributed by atoms with Crippen molar-refractivity contribution in [2.45, 2.75) is 19.1 Å². The molecule has 0 amide bonds. The Morgan fingerprint density at radius 1 is 1.28 bits per heavy atom. The molecule has 3 N–H and O–H groups in total. The third-order valence-corrected chi connectivity index (χ3v) is 2.96. The fourth-order valence-corrected chi connectivity index (χ4v) is 1.94. The third-order valence-electron chi connectivity index (χ3n) is 2.96. The fraction of sp³-hybridized carbons (Fsp3) is 0.538. The lowest BCUT2D eigenvalue weighted by molar-refractivity contribution is 0.130. The highest BCUT2D eigenvalue weighted by Crippen LogP contribution is 2.33. The summed E-state index contributed by atoms with van der Waals surface area (Å²) in [5.74, 6) is 1.39. The zero-order chi connectivity index (χ0) is 13.0. The van der Waals surface area contributed by atoms with Crippen molar-refractivity contribution in [3.63, 3.8) is 0 Å². The molecule has 0 aromatic heterocycles. The molecule has 18 heavy (non-hydrogen) atoms. The summed E-state index contributed by atoms with van der Waals surface area (Å²) < 4.78 is 10.9. The van der Waals surface area contributed by atoms with Crippen molar-refractivity contribution in [3.05, 3.63) is 23.8 Å². The van der Waals surface area contributed by atoms with E-state index in [1.165, 1.54) is 0 Å². The van der Waals surface area contributed by atoms with Crippen LogP contribution in [0.1, 0.15) is 18.6 Å². The predicted octanol–water partition coefficient (Wildman–Crippen LogP) is 0.462. The standard InChI is InChI=1S/C13H19NO4/c1-9(14-4-5-15)13(16)10-2-3-11-12(8-10)18-7-6-17-11/h2-3,8-9,13-16H,4-7H2,1H3. The van der Waals surface area contributed by atoms with E-state index < -0.39 is 6.10 Å². The molecule has 1 heterocycles. The number of ether oxygens (including phenoxy) is 2. The van der Waals surface area contributed by atoms with Crippen LogP contribution >= 0.6 is 0 Å². The number of nitrogens with one attached hydrogen (secondary N) is 1. The van der Waals surface area contributed by atoms with E-state index in [0.29, 0.717) is 31.3 Å². The van der Waals surface area contributed by atoms with E-state index in [1.54, 1.807) is 6.07 Å². The lowest BCUT2D eigenvalue weighted by Gasteiger charge is -2.23. The monoisotopic (exact) mass is 253 g/mol. The molecule has 0 fully saturated rings. The summed E-state index contributed by atoms with van der Waals surface area (Å²) in [7, 11) is 0. The predicted molar refractivity (Wildman–Crippen MR) is 66.9 cm³/mol. The molecule has 100 valence electrons. The van der Waals surface area contributed by atoms with Gasteiger partial charge in [0, 0.05) is 12.6 Å². The highest BCUT2D eigenvalue weighted by molar-refractivity contribution is 5.44. The molecule has 2 rings (SSSR count). The molecule has 0 spiro atoms. The first-order chi connectivity index (χ1) is 8.72. The van der Waals surface area contributed by atoms with Gasteiger partial charge >= 0.3 is 0 Å². The van der Waals surface area contributed by atoms with Gasteiger partial charge in [0.2, 0.25) is 0 Å². The minimum absolute atomic E-state index is 0.0538. The molecular formula is C13H19NO4. The van der Waals surface area contributed by atoms with Gasteiger partial charge in [-0.15, -0.1) is 0 Å². The van der Waals surface area contributed by atoms with E-state index in [0.717, 1.165) is 5.56 Å². The third kappa shape index (κ3) is 2.93. The van der Waals surface area contributed by atoms with E-state index in [2.05, 4.69) is 5.32 Å². The zero-order valence-corrected chi connectivity index (χ0v) is 10.4. The van der Waals surface area contributed by atoms with Crippen LogP contribution in [0.3, 0.4) is 0 Å². The van der Waals surface area contributed by atoms with Crippen molar-refractivity contribution in [2.24, 2.45) is 0 Å². The highest BCUT2D eigenvalue weighted by Gasteiger charge is 2.19. The van der Waals surface area contributed by atoms with Gasteiger partial charge < -0.3 is 25.0 Å². The van der Waals surface area contributed by atoms with E-state index in [1.807, 2.05) is 19.1 Å². The second-order valence-electron chi connectivity index (χ2n) is 4.31. The van der Waals surface area contributed by atoms with E-state index in [9.17, 15) is 5.11 Å². The highest BCUT2D eigenvalue weighted by atomic mass is 16.6. The number of benzene rings is 1. The maximum Gasteiger partial charge on any atom is 0.161 e. The maximum atomic E-state index is 10.2. The summed E-state index contributed by atoms with van der Waals surface area (Å²) in [6, 6.07) is 5.30. The lowest BCUT2D eigenvalue weighted by Crippen LogP contribution is -2.34. The SMILES string of the molecule is CC(NCCO)C(O)c1ccc2c(c1)OCCO2. The van der Waals surface area contributed by atoms with Crippen LogP contribution in [0.25, 0.3) is 0 Å². The summed E-state index contributed by atoms with van der Waals surface area (Å²) in [4.78, 5) is 0. The van der Waals surface area contributed by atoms with E-state index in [-0.39, 0.29) is 12.6 Å². The zero-order valence-electron chi connectivity index (χ0n) is 10.4. The summed E-state index contributed by atoms with van der Waals surface area (Å²) in [6.45, 7) is 3.48. The average molecular weight is 253 g/mol.